The van der Waals surface area contributed by atoms with E-state index in [0.717, 1.165) is 51.4 Å². The molecule has 0 aromatic rings. The third-order valence-corrected chi connectivity index (χ3v) is 7.92. The number of carbonyl (C=O) groups is 2. The molecular weight excluding hydrogens is 432 g/mol. The van der Waals surface area contributed by atoms with Crippen molar-refractivity contribution in [3.05, 3.63) is 0 Å². The molecule has 0 spiro atoms. The summed E-state index contributed by atoms with van der Waals surface area (Å²) in [6, 6.07) is 0. The number of esters is 1. The van der Waals surface area contributed by atoms with Crippen LogP contribution in [0, 0.1) is 11.3 Å². The zero-order chi connectivity index (χ0) is 26.2. The Balaban J connectivity index is 4.23. The Morgan fingerprint density at radius 3 is 1.49 bits per heavy atom. The predicted molar refractivity (Wildman–Crippen MR) is 152 cm³/mol. The van der Waals surface area contributed by atoms with E-state index >= 15 is 0 Å². The Hall–Kier alpha value is -0.860. The minimum absolute atomic E-state index is 0.0136. The van der Waals surface area contributed by atoms with Crippen LogP contribution >= 0.6 is 0 Å². The average molecular weight is 495 g/mol. The van der Waals surface area contributed by atoms with Crippen molar-refractivity contribution in [3.8, 4) is 0 Å². The van der Waals surface area contributed by atoms with Crippen molar-refractivity contribution >= 4 is 11.8 Å². The second-order valence-electron chi connectivity index (χ2n) is 10.9. The van der Waals surface area contributed by atoms with Gasteiger partial charge in [0, 0.05) is 5.92 Å². The molecule has 35 heavy (non-hydrogen) atoms. The normalized spacial score (nSPS) is 14.0. The summed E-state index contributed by atoms with van der Waals surface area (Å²) < 4.78 is 5.76. The fourth-order valence-corrected chi connectivity index (χ4v) is 5.26. The highest BCUT2D eigenvalue weighted by Crippen LogP contribution is 2.37. The van der Waals surface area contributed by atoms with Gasteiger partial charge < -0.3 is 4.74 Å². The summed E-state index contributed by atoms with van der Waals surface area (Å²) in [5.41, 5.74) is -0.930. The van der Waals surface area contributed by atoms with E-state index in [-0.39, 0.29) is 17.7 Å². The molecule has 2 unspecified atom stereocenters. The Bertz CT molecular complexity index is 501. The van der Waals surface area contributed by atoms with Crippen LogP contribution in [0.5, 0.6) is 0 Å². The summed E-state index contributed by atoms with van der Waals surface area (Å²) in [7, 11) is 0. The number of ketones is 1. The van der Waals surface area contributed by atoms with E-state index in [1.807, 2.05) is 6.92 Å². The number of unbranched alkanes of at least 4 members (excludes halogenated alkanes) is 15. The maximum atomic E-state index is 13.5. The Morgan fingerprint density at radius 2 is 1.06 bits per heavy atom. The number of hydrogen-bond donors (Lipinski definition) is 0. The van der Waals surface area contributed by atoms with E-state index in [9.17, 15) is 9.59 Å². The molecule has 0 amide bonds. The van der Waals surface area contributed by atoms with Gasteiger partial charge in [-0.2, -0.15) is 0 Å². The third-order valence-electron chi connectivity index (χ3n) is 7.92. The number of hydrogen-bond acceptors (Lipinski definition) is 3. The van der Waals surface area contributed by atoms with Crippen LogP contribution in [0.25, 0.3) is 0 Å². The number of Topliss-reactive ketones (excluding diaryl/α,β-unsaturated/α-hetero) is 1. The number of carbonyl (C=O) groups excluding carboxylic acids is 2. The molecular formula is C32H62O3. The summed E-state index contributed by atoms with van der Waals surface area (Å²) in [4.78, 5) is 26.8. The lowest BCUT2D eigenvalue weighted by Gasteiger charge is -2.32. The average Bonchev–Trinajstić information content (AvgIpc) is 2.87. The third kappa shape index (κ3) is 15.1. The molecule has 0 aliphatic carbocycles. The van der Waals surface area contributed by atoms with E-state index in [1.165, 1.54) is 77.0 Å². The quantitative estimate of drug-likeness (QED) is 0.0682. The van der Waals surface area contributed by atoms with Crippen LogP contribution in [0.2, 0.25) is 0 Å². The minimum atomic E-state index is -0.930. The lowest BCUT2D eigenvalue weighted by atomic mass is 9.70. The Kier molecular flexibility index (Phi) is 23.0. The van der Waals surface area contributed by atoms with E-state index < -0.39 is 5.41 Å². The Morgan fingerprint density at radius 1 is 0.600 bits per heavy atom. The SMILES string of the molecule is CCCCCCCCCCCCCCCCOC(=O)C(CC)(CCCC)C(=O)C(CC)CCCC. The van der Waals surface area contributed by atoms with Crippen LogP contribution in [-0.4, -0.2) is 18.4 Å². The van der Waals surface area contributed by atoms with E-state index in [2.05, 4.69) is 27.7 Å². The molecule has 0 radical (unpaired) electrons. The van der Waals surface area contributed by atoms with Gasteiger partial charge in [-0.15, -0.1) is 0 Å². The Labute approximate surface area is 219 Å². The molecule has 0 aliphatic heterocycles. The van der Waals surface area contributed by atoms with Gasteiger partial charge in [0.25, 0.3) is 0 Å². The van der Waals surface area contributed by atoms with Gasteiger partial charge >= 0.3 is 5.97 Å². The van der Waals surface area contributed by atoms with Gasteiger partial charge in [0.05, 0.1) is 6.61 Å². The molecule has 0 heterocycles. The van der Waals surface area contributed by atoms with Crippen molar-refractivity contribution in [2.24, 2.45) is 11.3 Å². The van der Waals surface area contributed by atoms with Crippen LogP contribution in [0.1, 0.15) is 176 Å². The van der Waals surface area contributed by atoms with Gasteiger partial charge in [-0.25, -0.2) is 0 Å². The van der Waals surface area contributed by atoms with Crippen molar-refractivity contribution in [1.29, 1.82) is 0 Å². The van der Waals surface area contributed by atoms with Crippen LogP contribution in [-0.2, 0) is 14.3 Å². The van der Waals surface area contributed by atoms with E-state index in [1.54, 1.807) is 0 Å². The molecule has 0 aliphatic rings. The second kappa shape index (κ2) is 23.5. The zero-order valence-electron chi connectivity index (χ0n) is 24.6. The topological polar surface area (TPSA) is 43.4 Å². The molecule has 0 aromatic carbocycles. The molecule has 0 fully saturated rings. The first-order chi connectivity index (χ1) is 17.0. The summed E-state index contributed by atoms with van der Waals surface area (Å²) in [6.07, 6.45) is 25.3. The van der Waals surface area contributed by atoms with Gasteiger partial charge in [-0.3, -0.25) is 9.59 Å². The first-order valence-corrected chi connectivity index (χ1v) is 15.7. The predicted octanol–water partition coefficient (Wildman–Crippen LogP) is 10.4. The lowest BCUT2D eigenvalue weighted by Crippen LogP contribution is -2.44. The van der Waals surface area contributed by atoms with Crippen molar-refractivity contribution in [3.63, 3.8) is 0 Å². The fraction of sp³-hybridized carbons (Fsp3) is 0.938. The van der Waals surface area contributed by atoms with Gasteiger partial charge in [0.1, 0.15) is 5.41 Å². The number of rotatable bonds is 26. The summed E-state index contributed by atoms with van der Waals surface area (Å²) in [5.74, 6) is -0.112. The molecule has 3 heteroatoms. The van der Waals surface area contributed by atoms with Crippen LogP contribution < -0.4 is 0 Å². The molecule has 0 rings (SSSR count). The highest BCUT2D eigenvalue weighted by Gasteiger charge is 2.46. The number of ether oxygens (including phenoxy) is 1. The summed E-state index contributed by atoms with van der Waals surface area (Å²) in [6.45, 7) is 11.1. The van der Waals surface area contributed by atoms with Crippen LogP contribution in [0.4, 0.5) is 0 Å². The molecule has 0 aromatic heterocycles. The monoisotopic (exact) mass is 494 g/mol. The maximum absolute atomic E-state index is 13.5. The van der Waals surface area contributed by atoms with E-state index in [4.69, 9.17) is 4.74 Å². The van der Waals surface area contributed by atoms with Gasteiger partial charge in [0.15, 0.2) is 5.78 Å². The molecule has 0 N–H and O–H groups in total. The van der Waals surface area contributed by atoms with Crippen LogP contribution in [0.15, 0.2) is 0 Å². The van der Waals surface area contributed by atoms with Gasteiger partial charge in [0.2, 0.25) is 0 Å². The smallest absolute Gasteiger partial charge is 0.319 e. The molecule has 0 saturated heterocycles. The standard InChI is InChI=1S/C32H62O3/c1-6-11-14-15-16-17-18-19-20-21-22-23-24-25-28-35-31(34)32(10-5,27-13-8-3)30(33)29(9-4)26-12-7-2/h29H,6-28H2,1-5H3. The molecule has 0 bridgehead atoms. The van der Waals surface area contributed by atoms with Crippen molar-refractivity contribution in [2.75, 3.05) is 6.61 Å². The first-order valence-electron chi connectivity index (χ1n) is 15.7. The minimum Gasteiger partial charge on any atom is -0.465 e. The fourth-order valence-electron chi connectivity index (χ4n) is 5.26. The largest absolute Gasteiger partial charge is 0.465 e. The lowest BCUT2D eigenvalue weighted by molar-refractivity contribution is -0.163. The van der Waals surface area contributed by atoms with Crippen molar-refractivity contribution in [2.45, 2.75) is 176 Å². The summed E-state index contributed by atoms with van der Waals surface area (Å²) in [5, 5.41) is 0. The molecule has 208 valence electrons. The van der Waals surface area contributed by atoms with Gasteiger partial charge in [-0.1, -0.05) is 144 Å². The molecule has 3 nitrogen and oxygen atoms in total. The maximum Gasteiger partial charge on any atom is 0.319 e. The highest BCUT2D eigenvalue weighted by molar-refractivity contribution is 6.04. The van der Waals surface area contributed by atoms with Gasteiger partial charge in [-0.05, 0) is 32.1 Å². The van der Waals surface area contributed by atoms with E-state index in [0.29, 0.717) is 19.4 Å². The second-order valence-corrected chi connectivity index (χ2v) is 10.9. The highest BCUT2D eigenvalue weighted by atomic mass is 16.5. The summed E-state index contributed by atoms with van der Waals surface area (Å²) >= 11 is 0. The molecule has 2 atom stereocenters. The van der Waals surface area contributed by atoms with Crippen LogP contribution in [0.3, 0.4) is 0 Å². The van der Waals surface area contributed by atoms with Crippen molar-refractivity contribution < 1.29 is 14.3 Å². The zero-order valence-corrected chi connectivity index (χ0v) is 24.6. The van der Waals surface area contributed by atoms with Crippen molar-refractivity contribution in [1.82, 2.24) is 0 Å². The molecule has 0 saturated carbocycles. The first kappa shape index (κ1) is 34.1.